The molecule has 0 saturated heterocycles. The van der Waals surface area contributed by atoms with Crippen molar-refractivity contribution in [3.63, 3.8) is 0 Å². The molecule has 2 aromatic heterocycles. The molecule has 1 aromatic carbocycles. The fourth-order valence-electron chi connectivity index (χ4n) is 4.63. The van der Waals surface area contributed by atoms with Crippen LogP contribution in [0, 0.1) is 0 Å². The van der Waals surface area contributed by atoms with Crippen LogP contribution in [0.25, 0.3) is 15.0 Å². The van der Waals surface area contributed by atoms with Crippen molar-refractivity contribution in [3.8, 4) is 9.75 Å². The molecule has 0 fully saturated rings. The first kappa shape index (κ1) is 24.4. The molecular formula is C26H38S2Si4. The topological polar surface area (TPSA) is 0 Å². The summed E-state index contributed by atoms with van der Waals surface area (Å²) in [5.74, 6) is 0. The van der Waals surface area contributed by atoms with Gasteiger partial charge in [0.25, 0.3) is 0 Å². The normalized spacial score (nSPS) is 19.4. The molecule has 0 nitrogen and oxygen atoms in total. The molecule has 0 amide bonds. The van der Waals surface area contributed by atoms with Gasteiger partial charge in [-0.05, 0) is 24.9 Å². The van der Waals surface area contributed by atoms with Crippen LogP contribution in [0.1, 0.15) is 5.56 Å². The first-order chi connectivity index (χ1) is 14.6. The number of hydrogen-bond donors (Lipinski definition) is 0. The minimum Gasteiger partial charge on any atom is -0.144 e. The third-order valence-electron chi connectivity index (χ3n) is 6.78. The fraction of sp³-hybridized carbons (Fsp3) is 0.385. The van der Waals surface area contributed by atoms with E-state index in [9.17, 15) is 0 Å². The summed E-state index contributed by atoms with van der Waals surface area (Å²) < 4.78 is 3.35. The monoisotopic (exact) mass is 526 g/mol. The molecular weight excluding hydrogens is 489 g/mol. The number of hydrogen-bond acceptors (Lipinski definition) is 2. The van der Waals surface area contributed by atoms with Crippen LogP contribution in [0.4, 0.5) is 0 Å². The molecule has 0 atom stereocenters. The molecule has 1 aliphatic heterocycles. The predicted octanol–water partition coefficient (Wildman–Crippen LogP) is 6.57. The number of rotatable bonds is 3. The Kier molecular flexibility index (Phi) is 6.00. The summed E-state index contributed by atoms with van der Waals surface area (Å²) >= 11 is 4.30. The van der Waals surface area contributed by atoms with Gasteiger partial charge in [0.2, 0.25) is 0 Å². The first-order valence-electron chi connectivity index (χ1n) is 11.7. The van der Waals surface area contributed by atoms with Crippen LogP contribution in [0.3, 0.4) is 0 Å². The van der Waals surface area contributed by atoms with E-state index in [2.05, 4.69) is 136 Å². The average molecular weight is 527 g/mol. The lowest BCUT2D eigenvalue weighted by molar-refractivity contribution is 1.62. The van der Waals surface area contributed by atoms with Gasteiger partial charge in [-0.1, -0.05) is 119 Å². The van der Waals surface area contributed by atoms with Gasteiger partial charge in [-0.3, -0.25) is 0 Å². The minimum absolute atomic E-state index is 1.37. The zero-order valence-corrected chi connectivity index (χ0v) is 27.1. The fourth-order valence-corrected chi connectivity index (χ4v) is 20.3. The van der Waals surface area contributed by atoms with Crippen molar-refractivity contribution < 1.29 is 0 Å². The Labute approximate surface area is 207 Å². The van der Waals surface area contributed by atoms with Gasteiger partial charge in [-0.25, -0.2) is 0 Å². The molecule has 4 rings (SSSR count). The van der Waals surface area contributed by atoms with Crippen molar-refractivity contribution in [1.82, 2.24) is 0 Å². The van der Waals surface area contributed by atoms with Gasteiger partial charge in [-0.2, -0.15) is 0 Å². The van der Waals surface area contributed by atoms with E-state index in [0.717, 1.165) is 0 Å². The molecule has 0 saturated carbocycles. The van der Waals surface area contributed by atoms with Crippen LogP contribution in [0.2, 0.25) is 65.5 Å². The molecule has 3 aromatic rings. The second-order valence-corrected chi connectivity index (χ2v) is 34.0. The highest BCUT2D eigenvalue weighted by atomic mass is 32.1. The molecule has 0 unspecified atom stereocenters. The van der Waals surface area contributed by atoms with Crippen molar-refractivity contribution >= 4 is 79.5 Å². The van der Waals surface area contributed by atoms with Crippen molar-refractivity contribution in [2.24, 2.45) is 0 Å². The highest BCUT2D eigenvalue weighted by molar-refractivity contribution is 7.36. The van der Waals surface area contributed by atoms with Crippen LogP contribution in [0.5, 0.6) is 0 Å². The minimum atomic E-state index is -1.87. The third kappa shape index (κ3) is 4.23. The molecule has 0 N–H and O–H groups in total. The first-order valence-corrected chi connectivity index (χ1v) is 26.4. The van der Waals surface area contributed by atoms with E-state index in [1.807, 2.05) is 0 Å². The maximum atomic E-state index is 2.78. The SMILES string of the molecule is C[Si](C)(C)c1cc2c(s1)-c1sc([Si](C)(C)C)cc1[Si](C)(C)/C(c1ccccc1)=C\[Si]2(C)C. The van der Waals surface area contributed by atoms with E-state index >= 15 is 0 Å². The molecule has 1 aliphatic rings. The van der Waals surface area contributed by atoms with Crippen molar-refractivity contribution in [2.45, 2.75) is 65.5 Å². The molecule has 0 aliphatic carbocycles. The molecule has 32 heavy (non-hydrogen) atoms. The predicted molar refractivity (Wildman–Crippen MR) is 162 cm³/mol. The number of benzene rings is 1. The molecule has 0 radical (unpaired) electrons. The lowest BCUT2D eigenvalue weighted by Gasteiger charge is -2.33. The average Bonchev–Trinajstić information content (AvgIpc) is 3.30. The third-order valence-corrected chi connectivity index (χ3v) is 23.3. The Hall–Kier alpha value is -0.772. The Morgan fingerprint density at radius 2 is 1.12 bits per heavy atom. The summed E-state index contributed by atoms with van der Waals surface area (Å²) in [5, 5.41) is 5.02. The molecule has 3 heterocycles. The van der Waals surface area contributed by atoms with E-state index in [0.29, 0.717) is 0 Å². The Bertz CT molecular complexity index is 1180. The van der Waals surface area contributed by atoms with Crippen LogP contribution in [-0.4, -0.2) is 32.3 Å². The van der Waals surface area contributed by atoms with Gasteiger partial charge in [-0.15, -0.1) is 22.7 Å². The Balaban J connectivity index is 2.12. The van der Waals surface area contributed by atoms with Gasteiger partial charge >= 0.3 is 0 Å². The van der Waals surface area contributed by atoms with Gasteiger partial charge in [0.15, 0.2) is 0 Å². The largest absolute Gasteiger partial charge is 0.144 e. The molecule has 170 valence electrons. The van der Waals surface area contributed by atoms with Gasteiger partial charge in [0.05, 0.1) is 16.1 Å². The molecule has 0 bridgehead atoms. The zero-order chi connectivity index (χ0) is 23.7. The van der Waals surface area contributed by atoms with Crippen molar-refractivity contribution in [3.05, 3.63) is 53.7 Å². The Morgan fingerprint density at radius 1 is 0.656 bits per heavy atom. The summed E-state index contributed by atoms with van der Waals surface area (Å²) in [6.07, 6.45) is 0. The van der Waals surface area contributed by atoms with E-state index in [1.165, 1.54) is 5.56 Å². The highest BCUT2D eigenvalue weighted by Gasteiger charge is 2.41. The van der Waals surface area contributed by atoms with Crippen molar-refractivity contribution in [1.29, 1.82) is 0 Å². The van der Waals surface area contributed by atoms with Gasteiger partial charge in [0.1, 0.15) is 16.1 Å². The molecule has 0 spiro atoms. The summed E-state index contributed by atoms with van der Waals surface area (Å²) in [6.45, 7) is 25.4. The van der Waals surface area contributed by atoms with Gasteiger partial charge < -0.3 is 0 Å². The lowest BCUT2D eigenvalue weighted by Crippen LogP contribution is -2.50. The van der Waals surface area contributed by atoms with E-state index in [-0.39, 0.29) is 0 Å². The standard InChI is InChI=1S/C26H38S2Si4/c1-29(2,3)23-16-20-25(27-23)26-21(17-24(28-26)30(4,5)6)32(9,10)22(18-31(20,7)8)19-14-12-11-13-15-19/h11-18H,1-10H3/b22-18-. The smallest absolute Gasteiger partial charge is 0.114 e. The van der Waals surface area contributed by atoms with Gasteiger partial charge in [0, 0.05) is 9.75 Å². The van der Waals surface area contributed by atoms with Crippen molar-refractivity contribution in [2.75, 3.05) is 0 Å². The summed E-state index contributed by atoms with van der Waals surface area (Å²) in [7, 11) is -6.39. The Morgan fingerprint density at radius 3 is 1.62 bits per heavy atom. The van der Waals surface area contributed by atoms with Crippen LogP contribution >= 0.6 is 22.7 Å². The van der Waals surface area contributed by atoms with E-state index in [4.69, 9.17) is 0 Å². The summed E-state index contributed by atoms with van der Waals surface area (Å²) in [6, 6.07) is 16.6. The summed E-state index contributed by atoms with van der Waals surface area (Å²) in [4.78, 5) is 3.26. The number of fused-ring (bicyclic) bond motifs is 3. The van der Waals surface area contributed by atoms with E-state index in [1.54, 1.807) is 34.3 Å². The summed E-state index contributed by atoms with van der Waals surface area (Å²) in [5.41, 5.74) is 4.23. The van der Waals surface area contributed by atoms with Crippen LogP contribution in [-0.2, 0) is 0 Å². The second-order valence-electron chi connectivity index (χ2n) is 12.5. The second kappa shape index (κ2) is 7.88. The maximum Gasteiger partial charge on any atom is 0.114 e. The van der Waals surface area contributed by atoms with E-state index < -0.39 is 32.3 Å². The highest BCUT2D eigenvalue weighted by Crippen LogP contribution is 2.38. The quantitative estimate of drug-likeness (QED) is 0.338. The number of thiophene rings is 2. The van der Waals surface area contributed by atoms with Crippen LogP contribution in [0.15, 0.2) is 48.2 Å². The zero-order valence-electron chi connectivity index (χ0n) is 21.4. The maximum absolute atomic E-state index is 2.78. The molecule has 6 heteroatoms. The lowest BCUT2D eigenvalue weighted by atomic mass is 10.2. The van der Waals surface area contributed by atoms with Crippen LogP contribution < -0.4 is 19.4 Å².